The first-order valence-electron chi connectivity index (χ1n) is 5.41. The van der Waals surface area contributed by atoms with E-state index in [2.05, 4.69) is 15.0 Å². The van der Waals surface area contributed by atoms with Gasteiger partial charge in [0.05, 0.1) is 23.4 Å². The highest BCUT2D eigenvalue weighted by Crippen LogP contribution is 2.25. The molecule has 0 saturated heterocycles. The number of fused-ring (bicyclic) bond motifs is 1. The summed E-state index contributed by atoms with van der Waals surface area (Å²) in [4.78, 5) is 24.0. The number of rotatable bonds is 4. The monoisotopic (exact) mass is 311 g/mol. The molecule has 0 spiro atoms. The van der Waals surface area contributed by atoms with Crippen LogP contribution in [0.15, 0.2) is 26.0 Å². The van der Waals surface area contributed by atoms with Gasteiger partial charge in [-0.15, -0.1) is 22.7 Å². The highest BCUT2D eigenvalue weighted by Gasteiger charge is 2.07. The van der Waals surface area contributed by atoms with Gasteiger partial charge in [0.15, 0.2) is 4.34 Å². The molecule has 0 atom stereocenters. The van der Waals surface area contributed by atoms with E-state index in [1.165, 1.54) is 34.4 Å². The molecule has 0 aromatic carbocycles. The normalized spacial score (nSPS) is 11.2. The minimum Gasteiger partial charge on any atom is -0.390 e. The molecule has 3 heterocycles. The third kappa shape index (κ3) is 2.71. The fourth-order valence-corrected chi connectivity index (χ4v) is 4.03. The molecular weight excluding hydrogens is 302 g/mol. The van der Waals surface area contributed by atoms with Crippen molar-refractivity contribution in [1.82, 2.24) is 15.0 Å². The zero-order valence-electron chi connectivity index (χ0n) is 9.62. The largest absolute Gasteiger partial charge is 0.390 e. The molecule has 5 nitrogen and oxygen atoms in total. The highest BCUT2D eigenvalue weighted by atomic mass is 32.2. The van der Waals surface area contributed by atoms with Crippen LogP contribution in [0.1, 0.15) is 11.5 Å². The number of aliphatic hydroxyl groups excluding tert-OH is 1. The summed E-state index contributed by atoms with van der Waals surface area (Å²) < 4.78 is 0.859. The molecular formula is C11H9N3O2S3. The van der Waals surface area contributed by atoms with Crippen LogP contribution in [0.3, 0.4) is 0 Å². The molecule has 0 aliphatic rings. The Morgan fingerprint density at radius 2 is 2.26 bits per heavy atom. The van der Waals surface area contributed by atoms with E-state index in [4.69, 9.17) is 5.11 Å². The molecule has 3 aromatic heterocycles. The number of nitrogens with zero attached hydrogens (tertiary/aromatic N) is 2. The number of thiazole rings is 1. The highest BCUT2D eigenvalue weighted by molar-refractivity contribution is 8.00. The molecule has 8 heteroatoms. The van der Waals surface area contributed by atoms with Gasteiger partial charge in [0.2, 0.25) is 0 Å². The van der Waals surface area contributed by atoms with Crippen LogP contribution >= 0.6 is 34.4 Å². The summed E-state index contributed by atoms with van der Waals surface area (Å²) >= 11 is 4.43. The van der Waals surface area contributed by atoms with Crippen molar-refractivity contribution in [3.05, 3.63) is 38.7 Å². The first-order chi connectivity index (χ1) is 9.26. The number of thioether (sulfide) groups is 1. The second-order valence-electron chi connectivity index (χ2n) is 3.70. The van der Waals surface area contributed by atoms with Crippen LogP contribution in [-0.2, 0) is 12.4 Å². The maximum absolute atomic E-state index is 11.8. The molecule has 0 saturated carbocycles. The third-order valence-corrected chi connectivity index (χ3v) is 5.30. The Morgan fingerprint density at radius 1 is 1.37 bits per heavy atom. The number of thiophene rings is 1. The lowest BCUT2D eigenvalue weighted by atomic mass is 10.4. The molecule has 0 aliphatic heterocycles. The summed E-state index contributed by atoms with van der Waals surface area (Å²) in [5, 5.41) is 13.3. The number of aliphatic hydroxyl groups is 1. The van der Waals surface area contributed by atoms with Crippen molar-refractivity contribution in [2.75, 3.05) is 0 Å². The SMILES string of the molecule is O=c1[nH]c(CSc2nc(CO)cs2)nc2sccc12. The lowest BCUT2D eigenvalue weighted by molar-refractivity contribution is 0.277. The van der Waals surface area contributed by atoms with Crippen LogP contribution in [0, 0.1) is 0 Å². The van der Waals surface area contributed by atoms with Gasteiger partial charge >= 0.3 is 0 Å². The minimum absolute atomic E-state index is 0.0483. The molecule has 0 aliphatic carbocycles. The molecule has 2 N–H and O–H groups in total. The average Bonchev–Trinajstić information content (AvgIpc) is 3.05. The van der Waals surface area contributed by atoms with E-state index in [0.29, 0.717) is 22.7 Å². The zero-order chi connectivity index (χ0) is 13.2. The molecule has 19 heavy (non-hydrogen) atoms. The number of H-pyrrole nitrogens is 1. The van der Waals surface area contributed by atoms with Crippen molar-refractivity contribution >= 4 is 44.7 Å². The zero-order valence-corrected chi connectivity index (χ0v) is 12.1. The van der Waals surface area contributed by atoms with Crippen molar-refractivity contribution in [3.8, 4) is 0 Å². The minimum atomic E-state index is -0.1000. The second-order valence-corrected chi connectivity index (χ2v) is 6.68. The van der Waals surface area contributed by atoms with E-state index >= 15 is 0 Å². The van der Waals surface area contributed by atoms with Gasteiger partial charge in [-0.2, -0.15) is 0 Å². The number of hydrogen-bond acceptors (Lipinski definition) is 7. The van der Waals surface area contributed by atoms with Crippen LogP contribution in [0.4, 0.5) is 0 Å². The molecule has 0 amide bonds. The fourth-order valence-electron chi connectivity index (χ4n) is 1.54. The summed E-state index contributed by atoms with van der Waals surface area (Å²) in [6.07, 6.45) is 0. The lowest BCUT2D eigenvalue weighted by Gasteiger charge is -1.98. The first-order valence-corrected chi connectivity index (χ1v) is 8.15. The van der Waals surface area contributed by atoms with E-state index < -0.39 is 0 Å². The van der Waals surface area contributed by atoms with E-state index in [1.807, 2.05) is 10.8 Å². The maximum Gasteiger partial charge on any atom is 0.259 e. The van der Waals surface area contributed by atoms with Gasteiger partial charge in [-0.05, 0) is 11.4 Å². The molecule has 3 rings (SSSR count). The third-order valence-electron chi connectivity index (χ3n) is 2.41. The second kappa shape index (κ2) is 5.41. The van der Waals surface area contributed by atoms with Crippen molar-refractivity contribution in [3.63, 3.8) is 0 Å². The van der Waals surface area contributed by atoms with Crippen LogP contribution in [0.25, 0.3) is 10.2 Å². The molecule has 0 fully saturated rings. The van der Waals surface area contributed by atoms with E-state index in [1.54, 1.807) is 6.07 Å². The van der Waals surface area contributed by atoms with Gasteiger partial charge in [-0.1, -0.05) is 11.8 Å². The van der Waals surface area contributed by atoms with Crippen LogP contribution in [0.2, 0.25) is 0 Å². The Hall–Kier alpha value is -1.22. The smallest absolute Gasteiger partial charge is 0.259 e. The summed E-state index contributed by atoms with van der Waals surface area (Å²) in [5.74, 6) is 1.20. The van der Waals surface area contributed by atoms with Crippen LogP contribution < -0.4 is 5.56 Å². The lowest BCUT2D eigenvalue weighted by Crippen LogP contribution is -2.09. The van der Waals surface area contributed by atoms with Crippen molar-refractivity contribution < 1.29 is 5.11 Å². The Bertz CT molecular complexity index is 762. The predicted molar refractivity (Wildman–Crippen MR) is 77.8 cm³/mol. The topological polar surface area (TPSA) is 78.9 Å². The molecule has 98 valence electrons. The van der Waals surface area contributed by atoms with Gasteiger partial charge in [0, 0.05) is 5.38 Å². The van der Waals surface area contributed by atoms with E-state index in [0.717, 1.165) is 9.17 Å². The van der Waals surface area contributed by atoms with Crippen molar-refractivity contribution in [2.24, 2.45) is 0 Å². The standard InChI is InChI=1S/C11H9N3O2S3/c15-3-6-4-18-11(12-6)19-5-8-13-9(16)7-1-2-17-10(7)14-8/h1-2,4,15H,3,5H2,(H,13,14,16). The van der Waals surface area contributed by atoms with Gasteiger partial charge in [0.25, 0.3) is 5.56 Å². The van der Waals surface area contributed by atoms with Gasteiger partial charge in [-0.25, -0.2) is 9.97 Å². The average molecular weight is 311 g/mol. The first kappa shape index (κ1) is 12.8. The number of aromatic nitrogens is 3. The van der Waals surface area contributed by atoms with Gasteiger partial charge in [0.1, 0.15) is 10.7 Å². The summed E-state index contributed by atoms with van der Waals surface area (Å²) in [6.45, 7) is -0.0483. The molecule has 0 bridgehead atoms. The predicted octanol–water partition coefficient (Wildman–Crippen LogP) is 2.23. The summed E-state index contributed by atoms with van der Waals surface area (Å²) in [7, 11) is 0. The molecule has 0 unspecified atom stereocenters. The number of aromatic amines is 1. The quantitative estimate of drug-likeness (QED) is 0.722. The molecule has 3 aromatic rings. The Kier molecular flexibility index (Phi) is 3.65. The van der Waals surface area contributed by atoms with Crippen LogP contribution in [-0.4, -0.2) is 20.1 Å². The van der Waals surface area contributed by atoms with Gasteiger partial charge < -0.3 is 10.1 Å². The Labute approximate surface area is 120 Å². The Balaban J connectivity index is 1.79. The number of nitrogens with one attached hydrogen (secondary N) is 1. The summed E-state index contributed by atoms with van der Waals surface area (Å²) in [6, 6.07) is 1.77. The summed E-state index contributed by atoms with van der Waals surface area (Å²) in [5.41, 5.74) is 0.569. The van der Waals surface area contributed by atoms with Crippen molar-refractivity contribution in [1.29, 1.82) is 0 Å². The Morgan fingerprint density at radius 3 is 3.05 bits per heavy atom. The van der Waals surface area contributed by atoms with Crippen molar-refractivity contribution in [2.45, 2.75) is 16.7 Å². The van der Waals surface area contributed by atoms with Crippen LogP contribution in [0.5, 0.6) is 0 Å². The number of hydrogen-bond donors (Lipinski definition) is 2. The fraction of sp³-hybridized carbons (Fsp3) is 0.182. The van der Waals surface area contributed by atoms with Gasteiger partial charge in [-0.3, -0.25) is 4.79 Å². The van der Waals surface area contributed by atoms with E-state index in [-0.39, 0.29) is 12.2 Å². The van der Waals surface area contributed by atoms with E-state index in [9.17, 15) is 4.79 Å². The molecule has 0 radical (unpaired) electrons. The maximum atomic E-state index is 11.8.